The van der Waals surface area contributed by atoms with E-state index in [0.717, 1.165) is 69.9 Å². The van der Waals surface area contributed by atoms with Gasteiger partial charge < -0.3 is 40.2 Å². The zero-order chi connectivity index (χ0) is 41.2. The van der Waals surface area contributed by atoms with Crippen LogP contribution in [0.5, 0.6) is 17.2 Å². The number of hydrogen-bond donors (Lipinski definition) is 5. The molecule has 5 N–H and O–H groups in total. The van der Waals surface area contributed by atoms with E-state index in [0.29, 0.717) is 40.8 Å². The minimum atomic E-state index is -1.09. The van der Waals surface area contributed by atoms with Gasteiger partial charge in [-0.2, -0.15) is 0 Å². The molecule has 1 aliphatic heterocycles. The van der Waals surface area contributed by atoms with Gasteiger partial charge in [-0.3, -0.25) is 14.7 Å². The van der Waals surface area contributed by atoms with Crippen LogP contribution >= 0.6 is 11.6 Å². The molecule has 2 atom stereocenters. The molecule has 1 aromatic heterocycles. The number of halogens is 2. The van der Waals surface area contributed by atoms with Crippen LogP contribution in [0.1, 0.15) is 40.7 Å². The van der Waals surface area contributed by atoms with Gasteiger partial charge in [0.05, 0.1) is 29.3 Å². The summed E-state index contributed by atoms with van der Waals surface area (Å²) in [7, 11) is 1.80. The Balaban J connectivity index is 1.18. The molecule has 1 fully saturated rings. The van der Waals surface area contributed by atoms with Crippen molar-refractivity contribution in [2.45, 2.75) is 58.7 Å². The summed E-state index contributed by atoms with van der Waals surface area (Å²) in [4.78, 5) is 17.5. The predicted molar refractivity (Wildman–Crippen MR) is 223 cm³/mol. The fourth-order valence-corrected chi connectivity index (χ4v) is 7.31. The topological polar surface area (TPSA) is 146 Å². The summed E-state index contributed by atoms with van der Waals surface area (Å²) >= 11 is 6.75. The Morgan fingerprint density at radius 1 is 0.948 bits per heavy atom. The summed E-state index contributed by atoms with van der Waals surface area (Å²) in [5, 5.41) is 35.3. The van der Waals surface area contributed by atoms with E-state index >= 15 is 4.39 Å². The van der Waals surface area contributed by atoms with Crippen molar-refractivity contribution in [2.75, 3.05) is 45.2 Å². The number of pyridine rings is 1. The van der Waals surface area contributed by atoms with Gasteiger partial charge in [-0.1, -0.05) is 41.9 Å². The number of benzene rings is 4. The molecule has 58 heavy (non-hydrogen) atoms. The average molecular weight is 813 g/mol. The Kier molecular flexibility index (Phi) is 14.6. The molecule has 11 nitrogen and oxygen atoms in total. The van der Waals surface area contributed by atoms with Gasteiger partial charge in [-0.15, -0.1) is 0 Å². The summed E-state index contributed by atoms with van der Waals surface area (Å²) in [5.74, 6) is 0.0787. The molecule has 306 valence electrons. The number of β-amino-alcohol motifs (C(OH)–C–C–N with tert-alkyl or cyclic N) is 1. The third-order valence-corrected chi connectivity index (χ3v) is 10.6. The fourth-order valence-electron chi connectivity index (χ4n) is 7.07. The number of likely N-dealkylation sites (tertiary alicyclic amines) is 1. The van der Waals surface area contributed by atoms with Crippen molar-refractivity contribution in [3.8, 4) is 39.5 Å². The van der Waals surface area contributed by atoms with Crippen LogP contribution in [-0.4, -0.2) is 83.2 Å². The number of ether oxygens (including phenoxy) is 3. The first-order valence-electron chi connectivity index (χ1n) is 19.3. The largest absolute Gasteiger partial charge is 0.492 e. The second-order valence-electron chi connectivity index (χ2n) is 14.5. The van der Waals surface area contributed by atoms with E-state index in [1.165, 1.54) is 6.07 Å². The monoisotopic (exact) mass is 812 g/mol. The number of aliphatic hydroxyl groups excluding tert-OH is 2. The number of nitrogens with one attached hydrogen (secondary N) is 2. The van der Waals surface area contributed by atoms with E-state index in [1.807, 2.05) is 56.3 Å². The highest BCUT2D eigenvalue weighted by Gasteiger charge is 2.20. The van der Waals surface area contributed by atoms with Crippen LogP contribution in [0.3, 0.4) is 0 Å². The van der Waals surface area contributed by atoms with Crippen LogP contribution in [0, 0.1) is 19.7 Å². The van der Waals surface area contributed by atoms with Gasteiger partial charge in [0.15, 0.2) is 0 Å². The summed E-state index contributed by atoms with van der Waals surface area (Å²) in [5.41, 5.74) is 8.52. The van der Waals surface area contributed by atoms with Gasteiger partial charge in [0, 0.05) is 69.4 Å². The summed E-state index contributed by atoms with van der Waals surface area (Å²) in [6.07, 6.45) is 2.50. The summed E-state index contributed by atoms with van der Waals surface area (Å²) < 4.78 is 33.9. The molecule has 0 unspecified atom stereocenters. The third-order valence-electron chi connectivity index (χ3n) is 10.3. The van der Waals surface area contributed by atoms with Crippen molar-refractivity contribution in [3.05, 3.63) is 124 Å². The second-order valence-corrected chi connectivity index (χ2v) is 14.9. The molecule has 2 heterocycles. The molecule has 6 rings (SSSR count). The van der Waals surface area contributed by atoms with Crippen LogP contribution in [0.2, 0.25) is 5.02 Å². The van der Waals surface area contributed by atoms with E-state index in [1.54, 1.807) is 37.6 Å². The lowest BCUT2D eigenvalue weighted by atomic mass is 9.89. The number of hydrogen-bond acceptors (Lipinski definition) is 10. The minimum absolute atomic E-state index is 0.0292. The summed E-state index contributed by atoms with van der Waals surface area (Å²) in [6, 6.07) is 22.3. The van der Waals surface area contributed by atoms with Crippen LogP contribution in [0.15, 0.2) is 85.2 Å². The maximum Gasteiger partial charge on any atom is 0.306 e. The third kappa shape index (κ3) is 11.2. The van der Waals surface area contributed by atoms with E-state index in [4.69, 9.17) is 30.9 Å². The quantitative estimate of drug-likeness (QED) is 0.0569. The second kappa shape index (κ2) is 20.0. The number of aliphatic hydroxyl groups is 2. The molecule has 0 bridgehead atoms. The standard InChI is InChI=1S/C45H50ClFN4O7/c1-28-33(27-58-44-20-43(57-26-30-15-35(48-3)23-49-21-30)32(17-42(44)46)22-50-24-37(53)19-45(54)55)16-34(47)18-41(28)40-6-4-5-39(29(40)2)31-7-9-38(10-8-31)56-14-13-51-12-11-36(52)25-51/h4-10,15-18,20-21,23,36-37,48,50,52-53H,11-14,19,22,24-27H2,1-3H3,(H,54,55)/t36-,37+/m1/s1. The van der Waals surface area contributed by atoms with Crippen molar-refractivity contribution >= 4 is 23.3 Å². The summed E-state index contributed by atoms with van der Waals surface area (Å²) in [6.45, 7) is 7.37. The Morgan fingerprint density at radius 2 is 1.72 bits per heavy atom. The minimum Gasteiger partial charge on any atom is -0.492 e. The van der Waals surface area contributed by atoms with Crippen LogP contribution < -0.4 is 24.8 Å². The molecule has 4 aromatic carbocycles. The molecular weight excluding hydrogens is 763 g/mol. The molecule has 0 radical (unpaired) electrons. The molecule has 5 aromatic rings. The van der Waals surface area contributed by atoms with Crippen LogP contribution in [-0.2, 0) is 24.6 Å². The number of aliphatic carboxylic acids is 1. The lowest BCUT2D eigenvalue weighted by Gasteiger charge is -2.19. The number of carboxylic acid groups (broad SMARTS) is 1. The molecular formula is C45H50ClFN4O7. The van der Waals surface area contributed by atoms with Crippen LogP contribution in [0.4, 0.5) is 10.1 Å². The molecule has 0 saturated carbocycles. The number of carboxylic acids is 1. The molecule has 1 aliphatic rings. The molecule has 13 heteroatoms. The highest BCUT2D eigenvalue weighted by Crippen LogP contribution is 2.37. The lowest BCUT2D eigenvalue weighted by molar-refractivity contribution is -0.139. The normalized spacial score (nSPS) is 14.6. The highest BCUT2D eigenvalue weighted by molar-refractivity contribution is 6.32. The van der Waals surface area contributed by atoms with Crippen LogP contribution in [0.25, 0.3) is 22.3 Å². The highest BCUT2D eigenvalue weighted by atomic mass is 35.5. The van der Waals surface area contributed by atoms with Gasteiger partial charge >= 0.3 is 5.97 Å². The fraction of sp³-hybridized carbons (Fsp3) is 0.333. The van der Waals surface area contributed by atoms with Crippen molar-refractivity contribution in [2.24, 2.45) is 0 Å². The molecule has 0 spiro atoms. The first-order valence-corrected chi connectivity index (χ1v) is 19.7. The van der Waals surface area contributed by atoms with E-state index in [2.05, 4.69) is 26.6 Å². The predicted octanol–water partition coefficient (Wildman–Crippen LogP) is 7.40. The van der Waals surface area contributed by atoms with E-state index in [9.17, 15) is 15.0 Å². The molecule has 0 amide bonds. The van der Waals surface area contributed by atoms with Gasteiger partial charge in [0.2, 0.25) is 0 Å². The van der Waals surface area contributed by atoms with E-state index in [-0.39, 0.29) is 38.8 Å². The zero-order valence-electron chi connectivity index (χ0n) is 32.9. The number of aromatic nitrogens is 1. The maximum atomic E-state index is 15.4. The Hall–Kier alpha value is -5.24. The van der Waals surface area contributed by atoms with Crippen molar-refractivity contribution in [3.63, 3.8) is 0 Å². The van der Waals surface area contributed by atoms with Gasteiger partial charge in [0.1, 0.15) is 42.9 Å². The number of nitrogens with zero attached hydrogens (tertiary/aromatic N) is 2. The van der Waals surface area contributed by atoms with Gasteiger partial charge in [-0.25, -0.2) is 4.39 Å². The number of carbonyl (C=O) groups is 1. The Labute approximate surface area is 343 Å². The SMILES string of the molecule is CNc1cncc(COc2cc(OCc3cc(F)cc(-c4cccc(-c5ccc(OCCN6CC[C@@H](O)C6)cc5)c4C)c3C)c(Cl)cc2CNC[C@@H](O)CC(=O)O)c1. The number of anilines is 1. The average Bonchev–Trinajstić information content (AvgIpc) is 3.62. The maximum absolute atomic E-state index is 15.4. The smallest absolute Gasteiger partial charge is 0.306 e. The first kappa shape index (κ1) is 42.4. The Bertz CT molecular complexity index is 2190. The zero-order valence-corrected chi connectivity index (χ0v) is 33.7. The molecule has 1 saturated heterocycles. The van der Waals surface area contributed by atoms with Crippen molar-refractivity contribution in [1.82, 2.24) is 15.2 Å². The van der Waals surface area contributed by atoms with Gasteiger partial charge in [-0.05, 0) is 95.6 Å². The first-order chi connectivity index (χ1) is 28.0. The van der Waals surface area contributed by atoms with Crippen molar-refractivity contribution in [1.29, 1.82) is 0 Å². The molecule has 0 aliphatic carbocycles. The number of rotatable bonds is 19. The lowest BCUT2D eigenvalue weighted by Crippen LogP contribution is -2.28. The van der Waals surface area contributed by atoms with Gasteiger partial charge in [0.25, 0.3) is 0 Å². The van der Waals surface area contributed by atoms with E-state index < -0.39 is 17.9 Å². The Morgan fingerprint density at radius 3 is 2.47 bits per heavy atom. The van der Waals surface area contributed by atoms with Crippen molar-refractivity contribution < 1.29 is 38.7 Å².